The second-order valence-corrected chi connectivity index (χ2v) is 9.34. The van der Waals surface area contributed by atoms with E-state index in [1.165, 1.54) is 50.6 Å². The van der Waals surface area contributed by atoms with Crippen LogP contribution in [0.4, 0.5) is 4.39 Å². The smallest absolute Gasteiger partial charge is 0.338 e. The molecule has 3 fully saturated rings. The molecular weight excluding hydrogens is 369 g/mol. The fourth-order valence-corrected chi connectivity index (χ4v) is 5.23. The van der Waals surface area contributed by atoms with Gasteiger partial charge in [-0.25, -0.2) is 9.18 Å². The Morgan fingerprint density at radius 1 is 1.03 bits per heavy atom. The van der Waals surface area contributed by atoms with Crippen LogP contribution >= 0.6 is 0 Å². The summed E-state index contributed by atoms with van der Waals surface area (Å²) in [6.07, 6.45) is 12.0. The Morgan fingerprint density at radius 2 is 1.72 bits per heavy atom. The van der Waals surface area contributed by atoms with E-state index in [1.807, 2.05) is 6.92 Å². The summed E-state index contributed by atoms with van der Waals surface area (Å²) < 4.78 is 26.0. The number of benzene rings is 1. The van der Waals surface area contributed by atoms with Gasteiger partial charge in [-0.05, 0) is 102 Å². The monoisotopic (exact) mass is 403 g/mol. The van der Waals surface area contributed by atoms with Crippen LogP contribution < -0.4 is 4.74 Å². The number of halogens is 1. The summed E-state index contributed by atoms with van der Waals surface area (Å²) in [4.78, 5) is 15.3. The number of carbonyl (C=O) groups excluding carboxylic acids is 1. The van der Waals surface area contributed by atoms with Gasteiger partial charge in [-0.15, -0.1) is 0 Å². The van der Waals surface area contributed by atoms with Crippen molar-refractivity contribution in [3.05, 3.63) is 29.6 Å². The Kier molecular flexibility index (Phi) is 6.43. The van der Waals surface area contributed by atoms with Gasteiger partial charge in [0.2, 0.25) is 0 Å². The second-order valence-electron chi connectivity index (χ2n) is 9.34. The van der Waals surface area contributed by atoms with Gasteiger partial charge >= 0.3 is 5.97 Å². The SMILES string of the molecule is CC1(Oc2cc(C(=O)OC3CCC(N4CCCCC4)CC3)ccc2F)CCCC1. The van der Waals surface area contributed by atoms with Gasteiger partial charge in [0.05, 0.1) is 5.56 Å². The average Bonchev–Trinajstić information content (AvgIpc) is 3.17. The minimum atomic E-state index is -0.420. The Balaban J connectivity index is 1.32. The fourth-order valence-electron chi connectivity index (χ4n) is 5.23. The molecule has 0 N–H and O–H groups in total. The highest BCUT2D eigenvalue weighted by Gasteiger charge is 2.32. The zero-order valence-electron chi connectivity index (χ0n) is 17.6. The van der Waals surface area contributed by atoms with E-state index in [0.29, 0.717) is 11.6 Å². The maximum absolute atomic E-state index is 14.3. The molecule has 2 aliphatic carbocycles. The van der Waals surface area contributed by atoms with Gasteiger partial charge < -0.3 is 14.4 Å². The van der Waals surface area contributed by atoms with Crippen LogP contribution in [-0.4, -0.2) is 41.7 Å². The minimum absolute atomic E-state index is 0.0367. The molecule has 5 heteroatoms. The molecular formula is C24H34FNO3. The van der Waals surface area contributed by atoms with Crippen LogP contribution in [0.2, 0.25) is 0 Å². The van der Waals surface area contributed by atoms with Crippen molar-refractivity contribution >= 4 is 5.97 Å². The van der Waals surface area contributed by atoms with E-state index in [-0.39, 0.29) is 23.4 Å². The first-order valence-electron chi connectivity index (χ1n) is 11.5. The summed E-state index contributed by atoms with van der Waals surface area (Å²) in [7, 11) is 0. The van der Waals surface area contributed by atoms with Crippen LogP contribution in [0.5, 0.6) is 5.75 Å². The molecule has 4 nitrogen and oxygen atoms in total. The standard InChI is InChI=1S/C24H34FNO3/c1-24(13-3-4-14-24)29-22-17-18(7-12-21(22)25)23(27)28-20-10-8-19(9-11-20)26-15-5-2-6-16-26/h7,12,17,19-20H,2-6,8-11,13-16H2,1H3. The van der Waals surface area contributed by atoms with Crippen LogP contribution in [0, 0.1) is 5.82 Å². The molecule has 2 saturated carbocycles. The average molecular weight is 404 g/mol. The van der Waals surface area contributed by atoms with Gasteiger partial charge in [0, 0.05) is 6.04 Å². The molecule has 1 saturated heterocycles. The molecule has 0 spiro atoms. The third-order valence-corrected chi connectivity index (χ3v) is 7.01. The van der Waals surface area contributed by atoms with Crippen LogP contribution in [0.1, 0.15) is 87.9 Å². The summed E-state index contributed by atoms with van der Waals surface area (Å²) in [5, 5.41) is 0. The number of carbonyl (C=O) groups is 1. The quantitative estimate of drug-likeness (QED) is 0.609. The number of ether oxygens (including phenoxy) is 2. The summed E-state index contributed by atoms with van der Waals surface area (Å²) in [6, 6.07) is 4.97. The van der Waals surface area contributed by atoms with Crippen molar-refractivity contribution in [1.82, 2.24) is 4.90 Å². The van der Waals surface area contributed by atoms with E-state index >= 15 is 0 Å². The zero-order valence-corrected chi connectivity index (χ0v) is 17.6. The van der Waals surface area contributed by atoms with Crippen molar-refractivity contribution in [2.24, 2.45) is 0 Å². The number of rotatable bonds is 5. The molecule has 0 radical (unpaired) electrons. The van der Waals surface area contributed by atoms with Gasteiger partial charge in [0.15, 0.2) is 11.6 Å². The Hall–Kier alpha value is -1.62. The summed E-state index contributed by atoms with van der Waals surface area (Å²) in [5.41, 5.74) is 0.0390. The third kappa shape index (κ3) is 5.11. The highest BCUT2D eigenvalue weighted by molar-refractivity contribution is 5.90. The molecule has 1 heterocycles. The maximum Gasteiger partial charge on any atom is 0.338 e. The van der Waals surface area contributed by atoms with E-state index in [2.05, 4.69) is 4.90 Å². The molecule has 160 valence electrons. The Labute approximate surface area is 173 Å². The van der Waals surface area contributed by atoms with Crippen molar-refractivity contribution in [3.8, 4) is 5.75 Å². The lowest BCUT2D eigenvalue weighted by Gasteiger charge is -2.38. The van der Waals surface area contributed by atoms with Gasteiger partial charge in [-0.2, -0.15) is 0 Å². The lowest BCUT2D eigenvalue weighted by molar-refractivity contribution is 0.00921. The summed E-state index contributed by atoms with van der Waals surface area (Å²) >= 11 is 0. The highest BCUT2D eigenvalue weighted by Crippen LogP contribution is 2.35. The normalized spacial score (nSPS) is 27.5. The van der Waals surface area contributed by atoms with Crippen molar-refractivity contribution in [3.63, 3.8) is 0 Å². The van der Waals surface area contributed by atoms with Crippen molar-refractivity contribution < 1.29 is 18.7 Å². The number of nitrogens with zero attached hydrogens (tertiary/aromatic N) is 1. The highest BCUT2D eigenvalue weighted by atomic mass is 19.1. The number of hydrogen-bond acceptors (Lipinski definition) is 4. The molecule has 29 heavy (non-hydrogen) atoms. The summed E-state index contributed by atoms with van der Waals surface area (Å²) in [6.45, 7) is 4.45. The minimum Gasteiger partial charge on any atom is -0.484 e. The largest absolute Gasteiger partial charge is 0.484 e. The van der Waals surface area contributed by atoms with E-state index < -0.39 is 5.82 Å². The topological polar surface area (TPSA) is 38.8 Å². The first-order valence-corrected chi connectivity index (χ1v) is 11.5. The number of hydrogen-bond donors (Lipinski definition) is 0. The lowest BCUT2D eigenvalue weighted by Crippen LogP contribution is -2.42. The Bertz CT molecular complexity index is 702. The van der Waals surface area contributed by atoms with Gasteiger partial charge in [-0.1, -0.05) is 6.42 Å². The molecule has 0 unspecified atom stereocenters. The predicted molar refractivity (Wildman–Crippen MR) is 111 cm³/mol. The van der Waals surface area contributed by atoms with E-state index in [0.717, 1.165) is 51.4 Å². The van der Waals surface area contributed by atoms with Gasteiger partial charge in [0.1, 0.15) is 11.7 Å². The van der Waals surface area contributed by atoms with Crippen LogP contribution in [-0.2, 0) is 4.74 Å². The Morgan fingerprint density at radius 3 is 2.41 bits per heavy atom. The van der Waals surface area contributed by atoms with Crippen LogP contribution in [0.15, 0.2) is 18.2 Å². The number of likely N-dealkylation sites (tertiary alicyclic amines) is 1. The fraction of sp³-hybridized carbons (Fsp3) is 0.708. The molecule has 0 bridgehead atoms. The molecule has 0 amide bonds. The zero-order chi connectivity index (χ0) is 20.3. The van der Waals surface area contributed by atoms with Crippen molar-refractivity contribution in [2.45, 2.75) is 95.3 Å². The molecule has 1 aliphatic heterocycles. The molecule has 1 aromatic rings. The van der Waals surface area contributed by atoms with Crippen molar-refractivity contribution in [2.75, 3.05) is 13.1 Å². The second kappa shape index (κ2) is 9.03. The first-order chi connectivity index (χ1) is 14.0. The molecule has 4 rings (SSSR count). The van der Waals surface area contributed by atoms with Crippen LogP contribution in [0.3, 0.4) is 0 Å². The third-order valence-electron chi connectivity index (χ3n) is 7.01. The molecule has 1 aromatic carbocycles. The predicted octanol–water partition coefficient (Wildman–Crippen LogP) is 5.49. The van der Waals surface area contributed by atoms with E-state index in [9.17, 15) is 9.18 Å². The van der Waals surface area contributed by atoms with Gasteiger partial charge in [-0.3, -0.25) is 0 Å². The molecule has 0 atom stereocenters. The van der Waals surface area contributed by atoms with E-state index in [4.69, 9.17) is 9.47 Å². The molecule has 3 aliphatic rings. The summed E-state index contributed by atoms with van der Waals surface area (Å²) in [5.74, 6) is -0.623. The van der Waals surface area contributed by atoms with E-state index in [1.54, 1.807) is 0 Å². The number of piperidine rings is 1. The maximum atomic E-state index is 14.3. The first kappa shape index (κ1) is 20.6. The van der Waals surface area contributed by atoms with Gasteiger partial charge in [0.25, 0.3) is 0 Å². The number of esters is 1. The molecule has 0 aromatic heterocycles. The van der Waals surface area contributed by atoms with Crippen molar-refractivity contribution in [1.29, 1.82) is 0 Å². The van der Waals surface area contributed by atoms with Crippen LogP contribution in [0.25, 0.3) is 0 Å². The lowest BCUT2D eigenvalue weighted by atomic mass is 9.90.